The van der Waals surface area contributed by atoms with Crippen molar-refractivity contribution in [3.05, 3.63) is 30.1 Å². The van der Waals surface area contributed by atoms with Crippen molar-refractivity contribution in [1.82, 2.24) is 19.8 Å². The molecule has 2 unspecified atom stereocenters. The first-order valence-electron chi connectivity index (χ1n) is 12.7. The number of hydrogen-bond donors (Lipinski definition) is 1. The van der Waals surface area contributed by atoms with Crippen LogP contribution >= 0.6 is 0 Å². The third-order valence-electron chi connectivity index (χ3n) is 8.98. The Bertz CT molecular complexity index is 862. The van der Waals surface area contributed by atoms with Gasteiger partial charge in [-0.3, -0.25) is 4.90 Å². The largest absolute Gasteiger partial charge is 0.324 e. The van der Waals surface area contributed by atoms with Gasteiger partial charge in [-0.05, 0) is 76.5 Å². The zero-order valence-corrected chi connectivity index (χ0v) is 18.6. The molecule has 2 bridgehead atoms. The van der Waals surface area contributed by atoms with Gasteiger partial charge in [0.05, 0.1) is 11.0 Å². The van der Waals surface area contributed by atoms with Gasteiger partial charge in [-0.25, -0.2) is 4.98 Å². The smallest absolute Gasteiger partial charge is 0.114 e. The van der Waals surface area contributed by atoms with Crippen LogP contribution in [-0.2, 0) is 0 Å². The van der Waals surface area contributed by atoms with Crippen LogP contribution in [-0.4, -0.2) is 45.7 Å². The summed E-state index contributed by atoms with van der Waals surface area (Å²) < 4.78 is 2.70. The van der Waals surface area contributed by atoms with Gasteiger partial charge in [-0.1, -0.05) is 31.4 Å². The predicted octanol–water partition coefficient (Wildman–Crippen LogP) is 5.25. The van der Waals surface area contributed by atoms with E-state index in [2.05, 4.69) is 46.0 Å². The van der Waals surface area contributed by atoms with Crippen LogP contribution < -0.4 is 5.32 Å². The minimum atomic E-state index is 0.578. The summed E-state index contributed by atoms with van der Waals surface area (Å²) in [7, 11) is 0. The van der Waals surface area contributed by atoms with Gasteiger partial charge in [0.1, 0.15) is 5.82 Å². The molecule has 0 amide bonds. The predicted molar refractivity (Wildman–Crippen MR) is 123 cm³/mol. The fraction of sp³-hybridized carbons (Fsp3) is 0.731. The minimum Gasteiger partial charge on any atom is -0.324 e. The van der Waals surface area contributed by atoms with Crippen LogP contribution in [0.25, 0.3) is 11.0 Å². The molecule has 1 aromatic heterocycles. The lowest BCUT2D eigenvalue weighted by Crippen LogP contribution is -2.51. The lowest BCUT2D eigenvalue weighted by atomic mass is 9.82. The first-order valence-corrected chi connectivity index (χ1v) is 12.7. The van der Waals surface area contributed by atoms with E-state index in [1.54, 1.807) is 0 Å². The number of aromatic nitrogens is 2. The van der Waals surface area contributed by atoms with Gasteiger partial charge in [0, 0.05) is 36.6 Å². The Morgan fingerprint density at radius 2 is 1.70 bits per heavy atom. The maximum absolute atomic E-state index is 5.18. The minimum absolute atomic E-state index is 0.578. The molecule has 1 saturated carbocycles. The Labute approximate surface area is 181 Å². The van der Waals surface area contributed by atoms with Crippen LogP contribution in [0.3, 0.4) is 0 Å². The first kappa shape index (κ1) is 19.3. The molecule has 4 heterocycles. The molecule has 3 aliphatic heterocycles. The van der Waals surface area contributed by atoms with E-state index in [9.17, 15) is 0 Å². The van der Waals surface area contributed by atoms with E-state index in [0.29, 0.717) is 12.0 Å². The fourth-order valence-corrected chi connectivity index (χ4v) is 7.53. The highest BCUT2D eigenvalue weighted by molar-refractivity contribution is 5.76. The number of imidazole rings is 1. The summed E-state index contributed by atoms with van der Waals surface area (Å²) in [4.78, 5) is 8.17. The lowest BCUT2D eigenvalue weighted by molar-refractivity contribution is 0.0334. The molecule has 4 nitrogen and oxygen atoms in total. The van der Waals surface area contributed by atoms with Gasteiger partial charge in [-0.15, -0.1) is 0 Å². The molecular formula is C26H38N4. The van der Waals surface area contributed by atoms with Crippen molar-refractivity contribution in [2.75, 3.05) is 13.1 Å². The molecule has 6 rings (SSSR count). The topological polar surface area (TPSA) is 33.1 Å². The summed E-state index contributed by atoms with van der Waals surface area (Å²) in [6, 6.07) is 11.8. The summed E-state index contributed by atoms with van der Waals surface area (Å²) in [5.74, 6) is 2.88. The number of rotatable bonds is 4. The molecule has 4 heteroatoms. The van der Waals surface area contributed by atoms with Crippen molar-refractivity contribution in [2.24, 2.45) is 5.92 Å². The number of hydrogen-bond acceptors (Lipinski definition) is 3. The van der Waals surface area contributed by atoms with Crippen molar-refractivity contribution in [3.63, 3.8) is 0 Å². The van der Waals surface area contributed by atoms with Crippen LogP contribution in [0.2, 0.25) is 0 Å². The fourth-order valence-electron chi connectivity index (χ4n) is 7.53. The van der Waals surface area contributed by atoms with E-state index >= 15 is 0 Å². The lowest BCUT2D eigenvalue weighted by Gasteiger charge is -2.46. The summed E-state index contributed by atoms with van der Waals surface area (Å²) in [5, 5.41) is 3.57. The van der Waals surface area contributed by atoms with Crippen molar-refractivity contribution >= 4 is 11.0 Å². The standard InChI is InChI=1S/C26H38N4/c1-18(19-7-3-2-4-8-19)29-21-11-12-22(29)16-23(15-21)30-25-10-6-5-9-24(25)28-26(30)20-13-14-27-17-20/h5-6,9-10,18-23,27H,2-4,7-8,11-17H2,1H3/t18-,20+,21?,22?,23?/m1/s1. The second kappa shape index (κ2) is 7.94. The van der Waals surface area contributed by atoms with Gasteiger partial charge >= 0.3 is 0 Å². The van der Waals surface area contributed by atoms with E-state index < -0.39 is 0 Å². The SMILES string of the molecule is C[C@H](C1CCCCC1)N1C2CCC1CC(n1c([C@H]3CCNC3)nc3ccccc31)C2. The molecule has 4 fully saturated rings. The van der Waals surface area contributed by atoms with Crippen LogP contribution in [0.1, 0.15) is 88.9 Å². The second-order valence-corrected chi connectivity index (χ2v) is 10.6. The molecule has 0 radical (unpaired) electrons. The third-order valence-corrected chi connectivity index (χ3v) is 8.98. The van der Waals surface area contributed by atoms with Gasteiger partial charge in [0.2, 0.25) is 0 Å². The van der Waals surface area contributed by atoms with E-state index in [1.165, 1.54) is 81.1 Å². The number of para-hydroxylation sites is 2. The summed E-state index contributed by atoms with van der Waals surface area (Å²) >= 11 is 0. The molecule has 3 saturated heterocycles. The highest BCUT2D eigenvalue weighted by Crippen LogP contribution is 2.46. The number of benzene rings is 1. The van der Waals surface area contributed by atoms with Crippen molar-refractivity contribution in [2.45, 2.75) is 101 Å². The second-order valence-electron chi connectivity index (χ2n) is 10.6. The number of piperidine rings is 1. The highest BCUT2D eigenvalue weighted by Gasteiger charge is 2.45. The number of nitrogens with one attached hydrogen (secondary N) is 1. The Hall–Kier alpha value is -1.39. The highest BCUT2D eigenvalue weighted by atomic mass is 15.3. The first-order chi connectivity index (χ1) is 14.8. The third kappa shape index (κ3) is 3.22. The molecular weight excluding hydrogens is 368 g/mol. The van der Waals surface area contributed by atoms with Crippen LogP contribution in [0.4, 0.5) is 0 Å². The van der Waals surface area contributed by atoms with Crippen LogP contribution in [0, 0.1) is 5.92 Å². The molecule has 1 aromatic carbocycles. The van der Waals surface area contributed by atoms with E-state index in [-0.39, 0.29) is 0 Å². The van der Waals surface area contributed by atoms with Gasteiger partial charge in [0.15, 0.2) is 0 Å². The average molecular weight is 407 g/mol. The quantitative estimate of drug-likeness (QED) is 0.753. The number of nitrogens with zero attached hydrogens (tertiary/aromatic N) is 3. The van der Waals surface area contributed by atoms with Crippen LogP contribution in [0.15, 0.2) is 24.3 Å². The maximum Gasteiger partial charge on any atom is 0.114 e. The maximum atomic E-state index is 5.18. The molecule has 0 spiro atoms. The molecule has 162 valence electrons. The normalized spacial score (nSPS) is 34.0. The summed E-state index contributed by atoms with van der Waals surface area (Å²) in [6.07, 6.45) is 14.0. The molecule has 2 aromatic rings. The van der Waals surface area contributed by atoms with Gasteiger partial charge in [0.25, 0.3) is 0 Å². The number of fused-ring (bicyclic) bond motifs is 3. The Kier molecular flexibility index (Phi) is 5.11. The Balaban J connectivity index is 1.29. The van der Waals surface area contributed by atoms with Gasteiger partial charge in [-0.2, -0.15) is 0 Å². The monoisotopic (exact) mass is 406 g/mol. The Morgan fingerprint density at radius 1 is 0.933 bits per heavy atom. The molecule has 4 aliphatic rings. The van der Waals surface area contributed by atoms with Crippen LogP contribution in [0.5, 0.6) is 0 Å². The van der Waals surface area contributed by atoms with E-state index in [4.69, 9.17) is 4.98 Å². The Morgan fingerprint density at radius 3 is 2.43 bits per heavy atom. The summed E-state index contributed by atoms with van der Waals surface area (Å²) in [6.45, 7) is 4.79. The van der Waals surface area contributed by atoms with Crippen molar-refractivity contribution in [1.29, 1.82) is 0 Å². The van der Waals surface area contributed by atoms with Crippen molar-refractivity contribution in [3.8, 4) is 0 Å². The molecule has 4 atom stereocenters. The molecule has 1 aliphatic carbocycles. The molecule has 1 N–H and O–H groups in total. The van der Waals surface area contributed by atoms with Crippen molar-refractivity contribution < 1.29 is 0 Å². The summed E-state index contributed by atoms with van der Waals surface area (Å²) in [5.41, 5.74) is 2.57. The average Bonchev–Trinajstić information content (AvgIpc) is 3.50. The van der Waals surface area contributed by atoms with Gasteiger partial charge < -0.3 is 9.88 Å². The zero-order valence-electron chi connectivity index (χ0n) is 18.6. The van der Waals surface area contributed by atoms with E-state index in [0.717, 1.165) is 37.1 Å². The van der Waals surface area contributed by atoms with E-state index in [1.807, 2.05) is 0 Å². The zero-order chi connectivity index (χ0) is 20.1. The molecule has 30 heavy (non-hydrogen) atoms.